The molecule has 0 fully saturated rings. The molecule has 0 aliphatic carbocycles. The van der Waals surface area contributed by atoms with Crippen LogP contribution < -0.4 is 5.73 Å². The Kier molecular flexibility index (Phi) is 3.47. The van der Waals surface area contributed by atoms with E-state index in [1.807, 2.05) is 24.5 Å². The van der Waals surface area contributed by atoms with Crippen molar-refractivity contribution in [2.45, 2.75) is 33.2 Å². The molecule has 90 valence electrons. The van der Waals surface area contributed by atoms with Crippen molar-refractivity contribution in [2.75, 3.05) is 5.73 Å². The summed E-state index contributed by atoms with van der Waals surface area (Å²) in [5.41, 5.74) is 9.17. The van der Waals surface area contributed by atoms with Crippen LogP contribution in [0, 0.1) is 6.92 Å². The van der Waals surface area contributed by atoms with Crippen molar-refractivity contribution >= 4 is 5.69 Å². The molecule has 0 aliphatic rings. The molecule has 0 atom stereocenters. The first-order valence-electron chi connectivity index (χ1n) is 6.05. The maximum atomic E-state index is 5.83. The molecule has 3 heteroatoms. The zero-order chi connectivity index (χ0) is 12.3. The third kappa shape index (κ3) is 2.67. The number of benzene rings is 1. The summed E-state index contributed by atoms with van der Waals surface area (Å²) < 4.78 is 2.21. The lowest BCUT2D eigenvalue weighted by atomic mass is 10.0. The van der Waals surface area contributed by atoms with E-state index in [-0.39, 0.29) is 0 Å². The van der Waals surface area contributed by atoms with Gasteiger partial charge in [-0.1, -0.05) is 13.0 Å². The molecule has 1 heterocycles. The van der Waals surface area contributed by atoms with Gasteiger partial charge in [0.15, 0.2) is 0 Å². The second-order valence-corrected chi connectivity index (χ2v) is 4.40. The van der Waals surface area contributed by atoms with Gasteiger partial charge >= 0.3 is 0 Å². The molecule has 3 nitrogen and oxygen atoms in total. The summed E-state index contributed by atoms with van der Waals surface area (Å²) in [6.45, 7) is 5.31. The van der Waals surface area contributed by atoms with Crippen LogP contribution in [-0.2, 0) is 13.0 Å². The molecule has 0 spiro atoms. The Morgan fingerprint density at radius 1 is 1.35 bits per heavy atom. The molecule has 0 aliphatic heterocycles. The summed E-state index contributed by atoms with van der Waals surface area (Å²) >= 11 is 0. The van der Waals surface area contributed by atoms with Crippen molar-refractivity contribution in [3.05, 3.63) is 47.5 Å². The average Bonchev–Trinajstić information content (AvgIpc) is 2.72. The Morgan fingerprint density at radius 3 is 2.94 bits per heavy atom. The number of aromatic nitrogens is 2. The average molecular weight is 229 g/mol. The number of imidazole rings is 1. The van der Waals surface area contributed by atoms with Gasteiger partial charge in [-0.3, -0.25) is 0 Å². The first kappa shape index (κ1) is 11.7. The maximum Gasteiger partial charge on any atom is 0.113 e. The molecule has 1 aromatic carbocycles. The molecular formula is C14H19N3. The number of hydrogen-bond donors (Lipinski definition) is 1. The zero-order valence-corrected chi connectivity index (χ0v) is 10.5. The number of hydrogen-bond acceptors (Lipinski definition) is 2. The van der Waals surface area contributed by atoms with E-state index in [0.29, 0.717) is 0 Å². The van der Waals surface area contributed by atoms with Crippen molar-refractivity contribution in [1.29, 1.82) is 0 Å². The standard InChI is InChI=1S/C14H19N3/c1-3-7-17-8-6-16-14(17)10-12-9-13(15)5-4-11(12)2/h4-6,8-9H,3,7,10,15H2,1-2H3. The highest BCUT2D eigenvalue weighted by Crippen LogP contribution is 2.16. The predicted molar refractivity (Wildman–Crippen MR) is 70.9 cm³/mol. The number of rotatable bonds is 4. The highest BCUT2D eigenvalue weighted by atomic mass is 15.1. The Hall–Kier alpha value is -1.77. The third-order valence-electron chi connectivity index (χ3n) is 2.99. The Morgan fingerprint density at radius 2 is 2.18 bits per heavy atom. The van der Waals surface area contributed by atoms with Crippen LogP contribution >= 0.6 is 0 Å². The van der Waals surface area contributed by atoms with Crippen molar-refractivity contribution < 1.29 is 0 Å². The van der Waals surface area contributed by atoms with Crippen LogP contribution in [0.25, 0.3) is 0 Å². The van der Waals surface area contributed by atoms with Crippen molar-refractivity contribution in [2.24, 2.45) is 0 Å². The molecule has 0 unspecified atom stereocenters. The second kappa shape index (κ2) is 5.04. The normalized spacial score (nSPS) is 10.7. The first-order chi connectivity index (χ1) is 8.20. The Labute approximate surface area is 102 Å². The van der Waals surface area contributed by atoms with Crippen LogP contribution in [0.3, 0.4) is 0 Å². The van der Waals surface area contributed by atoms with Crippen molar-refractivity contribution in [1.82, 2.24) is 9.55 Å². The van der Waals surface area contributed by atoms with Gasteiger partial charge in [0.25, 0.3) is 0 Å². The SMILES string of the molecule is CCCn1ccnc1Cc1cc(N)ccc1C. The monoisotopic (exact) mass is 229 g/mol. The van der Waals surface area contributed by atoms with Crippen LogP contribution in [0.15, 0.2) is 30.6 Å². The fourth-order valence-corrected chi connectivity index (χ4v) is 2.00. The molecule has 2 rings (SSSR count). The quantitative estimate of drug-likeness (QED) is 0.819. The summed E-state index contributed by atoms with van der Waals surface area (Å²) in [5, 5.41) is 0. The highest BCUT2D eigenvalue weighted by Gasteiger charge is 2.06. The molecule has 0 saturated carbocycles. The predicted octanol–water partition coefficient (Wildman–Crippen LogP) is 2.77. The van der Waals surface area contributed by atoms with Crippen molar-refractivity contribution in [3.8, 4) is 0 Å². The van der Waals surface area contributed by atoms with Gasteiger partial charge in [0.1, 0.15) is 5.82 Å². The topological polar surface area (TPSA) is 43.8 Å². The van der Waals surface area contributed by atoms with E-state index in [0.717, 1.165) is 30.9 Å². The van der Waals surface area contributed by atoms with Crippen molar-refractivity contribution in [3.63, 3.8) is 0 Å². The van der Waals surface area contributed by atoms with Gasteiger partial charge in [-0.25, -0.2) is 4.98 Å². The van der Waals surface area contributed by atoms with Gasteiger partial charge in [-0.05, 0) is 36.6 Å². The lowest BCUT2D eigenvalue weighted by molar-refractivity contribution is 0.646. The van der Waals surface area contributed by atoms with Gasteiger partial charge in [-0.2, -0.15) is 0 Å². The summed E-state index contributed by atoms with van der Waals surface area (Å²) in [4.78, 5) is 4.42. The molecule has 17 heavy (non-hydrogen) atoms. The summed E-state index contributed by atoms with van der Waals surface area (Å²) in [5.74, 6) is 1.11. The van der Waals surface area contributed by atoms with Crippen LogP contribution in [0.1, 0.15) is 30.3 Å². The third-order valence-corrected chi connectivity index (χ3v) is 2.99. The summed E-state index contributed by atoms with van der Waals surface area (Å²) in [7, 11) is 0. The second-order valence-electron chi connectivity index (χ2n) is 4.40. The Balaban J connectivity index is 2.25. The number of anilines is 1. The first-order valence-corrected chi connectivity index (χ1v) is 6.05. The molecule has 0 radical (unpaired) electrons. The number of nitrogen functional groups attached to an aromatic ring is 1. The molecule has 2 aromatic rings. The van der Waals surface area contributed by atoms with Crippen LogP contribution in [-0.4, -0.2) is 9.55 Å². The lowest BCUT2D eigenvalue weighted by Gasteiger charge is -2.09. The fourth-order valence-electron chi connectivity index (χ4n) is 2.00. The van der Waals surface area contributed by atoms with E-state index in [1.54, 1.807) is 0 Å². The van der Waals surface area contributed by atoms with Crippen LogP contribution in [0.4, 0.5) is 5.69 Å². The minimum Gasteiger partial charge on any atom is -0.399 e. The van der Waals surface area contributed by atoms with E-state index in [4.69, 9.17) is 5.73 Å². The van der Waals surface area contributed by atoms with Crippen LogP contribution in [0.5, 0.6) is 0 Å². The highest BCUT2D eigenvalue weighted by molar-refractivity contribution is 5.45. The van der Waals surface area contributed by atoms with E-state index < -0.39 is 0 Å². The maximum absolute atomic E-state index is 5.83. The molecular weight excluding hydrogens is 210 g/mol. The minimum atomic E-state index is 0.819. The zero-order valence-electron chi connectivity index (χ0n) is 10.5. The lowest BCUT2D eigenvalue weighted by Crippen LogP contribution is -2.04. The molecule has 0 amide bonds. The molecule has 0 saturated heterocycles. The minimum absolute atomic E-state index is 0.819. The number of nitrogens with zero attached hydrogens (tertiary/aromatic N) is 2. The molecule has 1 aromatic heterocycles. The summed E-state index contributed by atoms with van der Waals surface area (Å²) in [6.07, 6.45) is 5.89. The van der Waals surface area contributed by atoms with Gasteiger partial charge in [0.2, 0.25) is 0 Å². The van der Waals surface area contributed by atoms with E-state index >= 15 is 0 Å². The Bertz CT molecular complexity index is 500. The van der Waals surface area contributed by atoms with Crippen LogP contribution in [0.2, 0.25) is 0 Å². The smallest absolute Gasteiger partial charge is 0.113 e. The van der Waals surface area contributed by atoms with Gasteiger partial charge in [0.05, 0.1) is 0 Å². The molecule has 0 bridgehead atoms. The number of nitrogens with two attached hydrogens (primary N) is 1. The van der Waals surface area contributed by atoms with E-state index in [9.17, 15) is 0 Å². The van der Waals surface area contributed by atoms with E-state index in [1.165, 1.54) is 11.1 Å². The number of aryl methyl sites for hydroxylation is 2. The van der Waals surface area contributed by atoms with Gasteiger partial charge in [-0.15, -0.1) is 0 Å². The van der Waals surface area contributed by atoms with Gasteiger partial charge < -0.3 is 10.3 Å². The van der Waals surface area contributed by atoms with Gasteiger partial charge in [0, 0.05) is 31.0 Å². The largest absolute Gasteiger partial charge is 0.399 e. The fraction of sp³-hybridized carbons (Fsp3) is 0.357. The molecule has 2 N–H and O–H groups in total. The van der Waals surface area contributed by atoms with E-state index in [2.05, 4.69) is 29.5 Å². The summed E-state index contributed by atoms with van der Waals surface area (Å²) in [6, 6.07) is 6.05.